The van der Waals surface area contributed by atoms with Crippen molar-refractivity contribution < 1.29 is 9.21 Å². The Kier molecular flexibility index (Phi) is 5.74. The molecule has 0 spiro atoms. The molecule has 29 heavy (non-hydrogen) atoms. The van der Waals surface area contributed by atoms with Gasteiger partial charge in [-0.1, -0.05) is 40.9 Å². The van der Waals surface area contributed by atoms with E-state index < -0.39 is 0 Å². The van der Waals surface area contributed by atoms with Crippen molar-refractivity contribution >= 4 is 69.4 Å². The molecule has 3 aromatic rings. The quantitative estimate of drug-likeness (QED) is 0.421. The Labute approximate surface area is 186 Å². The fourth-order valence-corrected chi connectivity index (χ4v) is 4.17. The first kappa shape index (κ1) is 20.1. The summed E-state index contributed by atoms with van der Waals surface area (Å²) in [7, 11) is 0. The molecule has 4 nitrogen and oxygen atoms in total. The molecule has 1 amide bonds. The van der Waals surface area contributed by atoms with Gasteiger partial charge in [0.2, 0.25) is 0 Å². The van der Waals surface area contributed by atoms with Crippen LogP contribution in [0.3, 0.4) is 0 Å². The molecule has 1 saturated heterocycles. The molecule has 0 saturated carbocycles. The van der Waals surface area contributed by atoms with E-state index in [4.69, 9.17) is 39.2 Å². The number of halogens is 3. The molecule has 0 radical (unpaired) electrons. The molecule has 2 heterocycles. The fraction of sp³-hybridized carbons (Fsp3) is 0.0476. The van der Waals surface area contributed by atoms with Crippen LogP contribution in [-0.2, 0) is 4.79 Å². The summed E-state index contributed by atoms with van der Waals surface area (Å²) in [5.41, 5.74) is 2.40. The van der Waals surface area contributed by atoms with Gasteiger partial charge in [0.05, 0.1) is 15.6 Å². The van der Waals surface area contributed by atoms with Gasteiger partial charge in [0.1, 0.15) is 11.5 Å². The van der Waals surface area contributed by atoms with Crippen molar-refractivity contribution in [2.24, 2.45) is 4.99 Å². The Morgan fingerprint density at radius 3 is 2.59 bits per heavy atom. The summed E-state index contributed by atoms with van der Waals surface area (Å²) in [5.74, 6) is 0.880. The van der Waals surface area contributed by atoms with Crippen LogP contribution in [0.2, 0.25) is 15.1 Å². The summed E-state index contributed by atoms with van der Waals surface area (Å²) in [4.78, 5) is 17.3. The van der Waals surface area contributed by atoms with Crippen molar-refractivity contribution in [3.63, 3.8) is 0 Å². The number of nitrogens with zero attached hydrogens (tertiary/aromatic N) is 1. The van der Waals surface area contributed by atoms with Crippen molar-refractivity contribution in [3.05, 3.63) is 79.8 Å². The molecule has 0 bridgehead atoms. The standard InChI is InChI=1S/C21H13Cl3N2O2S/c1-11-2-3-13(23)9-17(11)25-21-26-20(27)19(29-21)10-14-5-7-18(28-14)15-6-4-12(22)8-16(15)24/h2-10H,1H3,(H,25,26,27)/b19-10-. The summed E-state index contributed by atoms with van der Waals surface area (Å²) in [6.45, 7) is 1.93. The normalized spacial score (nSPS) is 16.6. The lowest BCUT2D eigenvalue weighted by Crippen LogP contribution is -2.19. The highest BCUT2D eigenvalue weighted by molar-refractivity contribution is 8.18. The maximum Gasteiger partial charge on any atom is 0.264 e. The Morgan fingerprint density at radius 1 is 1.03 bits per heavy atom. The van der Waals surface area contributed by atoms with Gasteiger partial charge in [-0.2, -0.15) is 0 Å². The van der Waals surface area contributed by atoms with Crippen LogP contribution in [0.4, 0.5) is 5.69 Å². The Balaban J connectivity index is 1.58. The minimum Gasteiger partial charge on any atom is -0.457 e. The van der Waals surface area contributed by atoms with Crippen LogP contribution in [-0.4, -0.2) is 11.1 Å². The van der Waals surface area contributed by atoms with Gasteiger partial charge in [0, 0.05) is 21.7 Å². The second-order valence-electron chi connectivity index (χ2n) is 6.24. The summed E-state index contributed by atoms with van der Waals surface area (Å²) in [5, 5.41) is 4.87. The smallest absolute Gasteiger partial charge is 0.264 e. The molecule has 0 aliphatic carbocycles. The van der Waals surface area contributed by atoms with Gasteiger partial charge in [-0.25, -0.2) is 4.99 Å². The molecule has 1 fully saturated rings. The van der Waals surface area contributed by atoms with E-state index in [9.17, 15) is 4.79 Å². The predicted molar refractivity (Wildman–Crippen MR) is 121 cm³/mol. The highest BCUT2D eigenvalue weighted by Gasteiger charge is 2.24. The number of carbonyl (C=O) groups is 1. The predicted octanol–water partition coefficient (Wildman–Crippen LogP) is 7.11. The van der Waals surface area contributed by atoms with Crippen LogP contribution in [0, 0.1) is 6.92 Å². The first-order valence-corrected chi connectivity index (χ1v) is 10.4. The molecule has 8 heteroatoms. The van der Waals surface area contributed by atoms with Gasteiger partial charge in [-0.05, 0) is 66.7 Å². The van der Waals surface area contributed by atoms with Crippen molar-refractivity contribution in [1.82, 2.24) is 5.32 Å². The van der Waals surface area contributed by atoms with Gasteiger partial charge in [-0.15, -0.1) is 0 Å². The molecule has 2 aromatic carbocycles. The Bertz CT molecular complexity index is 1180. The zero-order valence-corrected chi connectivity index (χ0v) is 18.1. The van der Waals surface area contributed by atoms with Crippen molar-refractivity contribution in [2.75, 3.05) is 0 Å². The number of benzene rings is 2. The van der Waals surface area contributed by atoms with Crippen LogP contribution in [0.5, 0.6) is 0 Å². The summed E-state index contributed by atoms with van der Waals surface area (Å²) < 4.78 is 5.83. The molecular formula is C21H13Cl3N2O2S. The Hall–Kier alpha value is -2.18. The van der Waals surface area contributed by atoms with Gasteiger partial charge in [0.25, 0.3) is 5.91 Å². The number of thioether (sulfide) groups is 1. The maximum absolute atomic E-state index is 12.3. The topological polar surface area (TPSA) is 54.6 Å². The molecular weight excluding hydrogens is 451 g/mol. The van der Waals surface area contributed by atoms with Crippen molar-refractivity contribution in [2.45, 2.75) is 6.92 Å². The number of carbonyl (C=O) groups excluding carboxylic acids is 1. The fourth-order valence-electron chi connectivity index (χ4n) is 2.69. The van der Waals surface area contributed by atoms with E-state index >= 15 is 0 Å². The van der Waals surface area contributed by atoms with Gasteiger partial charge < -0.3 is 9.73 Å². The second kappa shape index (κ2) is 8.28. The van der Waals surface area contributed by atoms with Crippen molar-refractivity contribution in [3.8, 4) is 11.3 Å². The van der Waals surface area contributed by atoms with Crippen LogP contribution in [0.1, 0.15) is 11.3 Å². The lowest BCUT2D eigenvalue weighted by atomic mass is 10.2. The third-order valence-corrected chi connectivity index (χ3v) is 5.83. The maximum atomic E-state index is 12.3. The van der Waals surface area contributed by atoms with E-state index in [-0.39, 0.29) is 5.91 Å². The molecule has 4 rings (SSSR count). The SMILES string of the molecule is Cc1ccc(Cl)cc1N=C1NC(=O)/C(=C/c2ccc(-c3ccc(Cl)cc3Cl)o2)S1. The van der Waals surface area contributed by atoms with Crippen LogP contribution in [0.25, 0.3) is 17.4 Å². The van der Waals surface area contributed by atoms with Gasteiger partial charge in [-0.3, -0.25) is 4.79 Å². The zero-order chi connectivity index (χ0) is 20.5. The summed E-state index contributed by atoms with van der Waals surface area (Å²) in [6, 6.07) is 14.2. The first-order valence-electron chi connectivity index (χ1n) is 8.50. The van der Waals surface area contributed by atoms with Gasteiger partial charge in [0.15, 0.2) is 5.17 Å². The van der Waals surface area contributed by atoms with E-state index in [1.54, 1.807) is 48.5 Å². The largest absolute Gasteiger partial charge is 0.457 e. The van der Waals surface area contributed by atoms with E-state index in [0.717, 1.165) is 11.1 Å². The number of furan rings is 1. The second-order valence-corrected chi connectivity index (χ2v) is 8.55. The highest BCUT2D eigenvalue weighted by Crippen LogP contribution is 2.34. The minimum atomic E-state index is -0.240. The molecule has 1 aliphatic heterocycles. The number of amides is 1. The number of nitrogens with one attached hydrogen (secondary N) is 1. The van der Waals surface area contributed by atoms with E-state index in [0.29, 0.717) is 42.3 Å². The molecule has 0 atom stereocenters. The molecule has 1 aliphatic rings. The minimum absolute atomic E-state index is 0.240. The lowest BCUT2D eigenvalue weighted by molar-refractivity contribution is -0.115. The lowest BCUT2D eigenvalue weighted by Gasteiger charge is -2.01. The average Bonchev–Trinajstić information content (AvgIpc) is 3.25. The summed E-state index contributed by atoms with van der Waals surface area (Å²) >= 11 is 19.4. The average molecular weight is 464 g/mol. The van der Waals surface area contributed by atoms with Crippen molar-refractivity contribution in [1.29, 1.82) is 0 Å². The third kappa shape index (κ3) is 4.54. The van der Waals surface area contributed by atoms with E-state index in [1.165, 1.54) is 11.8 Å². The van der Waals surface area contributed by atoms with Gasteiger partial charge >= 0.3 is 0 Å². The number of amidine groups is 1. The zero-order valence-electron chi connectivity index (χ0n) is 15.0. The van der Waals surface area contributed by atoms with Crippen LogP contribution >= 0.6 is 46.6 Å². The van der Waals surface area contributed by atoms with Crippen LogP contribution in [0.15, 0.2) is 62.8 Å². The van der Waals surface area contributed by atoms with Crippen LogP contribution < -0.4 is 5.32 Å². The van der Waals surface area contributed by atoms with E-state index in [2.05, 4.69) is 10.3 Å². The number of hydrogen-bond donors (Lipinski definition) is 1. The molecule has 146 valence electrons. The number of hydrogen-bond acceptors (Lipinski definition) is 4. The molecule has 1 aromatic heterocycles. The molecule has 0 unspecified atom stereocenters. The third-order valence-electron chi connectivity index (χ3n) is 4.14. The first-order chi connectivity index (χ1) is 13.9. The summed E-state index contributed by atoms with van der Waals surface area (Å²) in [6.07, 6.45) is 1.67. The molecule has 1 N–H and O–H groups in total. The Morgan fingerprint density at radius 2 is 1.79 bits per heavy atom. The highest BCUT2D eigenvalue weighted by atomic mass is 35.5. The number of aryl methyl sites for hydroxylation is 1. The van der Waals surface area contributed by atoms with E-state index in [1.807, 2.05) is 13.0 Å². The monoisotopic (exact) mass is 462 g/mol. The number of rotatable bonds is 3. The number of aliphatic imine (C=N–C) groups is 1.